The minimum absolute atomic E-state index is 0.0728. The first kappa shape index (κ1) is 19.7. The number of nitrogens with one attached hydrogen (secondary N) is 2. The van der Waals surface area contributed by atoms with Gasteiger partial charge >= 0.3 is 0 Å². The number of carbonyl (C=O) groups is 1. The second-order valence-corrected chi connectivity index (χ2v) is 8.08. The smallest absolute Gasteiger partial charge is 0.278 e. The predicted octanol–water partition coefficient (Wildman–Crippen LogP) is 2.41. The summed E-state index contributed by atoms with van der Waals surface area (Å²) in [4.78, 5) is 14.8. The maximum atomic E-state index is 12.4. The molecule has 1 unspecified atom stereocenters. The summed E-state index contributed by atoms with van der Waals surface area (Å²) in [5.74, 6) is 1.62. The number of hydrogen-bond acceptors (Lipinski definition) is 4. The van der Waals surface area contributed by atoms with Crippen LogP contribution in [0.2, 0.25) is 0 Å². The van der Waals surface area contributed by atoms with Crippen molar-refractivity contribution in [1.82, 2.24) is 5.32 Å². The predicted molar refractivity (Wildman–Crippen MR) is 107 cm³/mol. The topological polar surface area (TPSA) is 52.0 Å². The van der Waals surface area contributed by atoms with Crippen molar-refractivity contribution in [3.05, 3.63) is 46.2 Å². The molecule has 6 heteroatoms. The third kappa shape index (κ3) is 5.47. The van der Waals surface area contributed by atoms with Gasteiger partial charge in [0.15, 0.2) is 17.5 Å². The zero-order valence-electron chi connectivity index (χ0n) is 16.3. The molecule has 146 valence electrons. The Morgan fingerprint density at radius 3 is 2.78 bits per heavy atom. The van der Waals surface area contributed by atoms with E-state index in [2.05, 4.69) is 24.4 Å². The number of hydrogen-bond donors (Lipinski definition) is 2. The highest BCUT2D eigenvalue weighted by atomic mass is 32.1. The molecule has 2 atom stereocenters. The molecular weight excluding hydrogens is 360 g/mol. The number of amides is 1. The van der Waals surface area contributed by atoms with Gasteiger partial charge in [0.2, 0.25) is 0 Å². The molecule has 0 bridgehead atoms. The van der Waals surface area contributed by atoms with Crippen LogP contribution < -0.4 is 19.7 Å². The standard InChI is InChI=1S/C21H28N2O3S/c1-4-23(15(2)21(24)22-17-8-9-17)13-16-7-10-19(20(12-16)25-3)26-14-18-6-5-11-27-18/h5-7,10-12,15,17H,4,8-9,13-14H2,1-3H3,(H,22,24)/p+1/t15-/m0/s1. The minimum atomic E-state index is -0.0728. The van der Waals surface area contributed by atoms with Crippen LogP contribution >= 0.6 is 11.3 Å². The molecule has 1 fully saturated rings. The molecule has 1 aliphatic carbocycles. The summed E-state index contributed by atoms with van der Waals surface area (Å²) in [5.41, 5.74) is 1.14. The molecule has 1 aromatic heterocycles. The second kappa shape index (κ2) is 9.24. The van der Waals surface area contributed by atoms with Crippen LogP contribution in [0.25, 0.3) is 0 Å². The number of likely N-dealkylation sites (N-methyl/N-ethyl adjacent to an activating group) is 1. The Kier molecular flexibility index (Phi) is 6.74. The van der Waals surface area contributed by atoms with E-state index in [-0.39, 0.29) is 11.9 Å². The molecule has 2 N–H and O–H groups in total. The van der Waals surface area contributed by atoms with Crippen LogP contribution in [-0.4, -0.2) is 31.6 Å². The number of quaternary nitrogens is 1. The maximum Gasteiger partial charge on any atom is 0.278 e. The van der Waals surface area contributed by atoms with Crippen LogP contribution in [0.5, 0.6) is 11.5 Å². The van der Waals surface area contributed by atoms with Crippen molar-refractivity contribution >= 4 is 17.2 Å². The average molecular weight is 390 g/mol. The fraction of sp³-hybridized carbons (Fsp3) is 0.476. The van der Waals surface area contributed by atoms with Crippen LogP contribution in [0.3, 0.4) is 0 Å². The SMILES string of the molecule is CC[NH+](Cc1ccc(OCc2cccs2)c(OC)c1)[C@@H](C)C(=O)NC1CC1. The van der Waals surface area contributed by atoms with Crippen LogP contribution in [0, 0.1) is 0 Å². The van der Waals surface area contributed by atoms with Crippen molar-refractivity contribution in [2.24, 2.45) is 0 Å². The molecule has 3 rings (SSSR count). The molecule has 1 aliphatic rings. The highest BCUT2D eigenvalue weighted by molar-refractivity contribution is 7.09. The lowest BCUT2D eigenvalue weighted by Gasteiger charge is -2.24. The Morgan fingerprint density at radius 1 is 1.33 bits per heavy atom. The van der Waals surface area contributed by atoms with Crippen LogP contribution in [0.1, 0.15) is 37.1 Å². The van der Waals surface area contributed by atoms with E-state index in [1.165, 1.54) is 9.78 Å². The molecule has 1 saturated carbocycles. The van der Waals surface area contributed by atoms with Gasteiger partial charge in [-0.3, -0.25) is 4.79 Å². The van der Waals surface area contributed by atoms with E-state index in [9.17, 15) is 4.79 Å². The lowest BCUT2D eigenvalue weighted by molar-refractivity contribution is -0.926. The molecule has 2 aromatic rings. The van der Waals surface area contributed by atoms with Gasteiger partial charge in [0.1, 0.15) is 13.2 Å². The Labute approximate surface area is 165 Å². The summed E-state index contributed by atoms with van der Waals surface area (Å²) in [6.07, 6.45) is 2.23. The van der Waals surface area contributed by atoms with Crippen LogP contribution in [0.15, 0.2) is 35.7 Å². The molecule has 27 heavy (non-hydrogen) atoms. The van der Waals surface area contributed by atoms with E-state index < -0.39 is 0 Å². The molecular formula is C21H29N2O3S+. The summed E-state index contributed by atoms with van der Waals surface area (Å²) < 4.78 is 11.4. The molecule has 0 radical (unpaired) electrons. The molecule has 5 nitrogen and oxygen atoms in total. The van der Waals surface area contributed by atoms with Crippen molar-refractivity contribution in [3.8, 4) is 11.5 Å². The van der Waals surface area contributed by atoms with E-state index in [1.807, 2.05) is 30.5 Å². The lowest BCUT2D eigenvalue weighted by atomic mass is 10.1. The van der Waals surface area contributed by atoms with Gasteiger partial charge in [0, 0.05) is 16.5 Å². The van der Waals surface area contributed by atoms with Gasteiger partial charge in [-0.25, -0.2) is 0 Å². The van der Waals surface area contributed by atoms with E-state index in [0.29, 0.717) is 12.6 Å². The first-order chi connectivity index (χ1) is 13.1. The zero-order valence-corrected chi connectivity index (χ0v) is 17.1. The average Bonchev–Trinajstić information content (AvgIpc) is 3.34. The molecule has 0 saturated heterocycles. The number of thiophene rings is 1. The van der Waals surface area contributed by atoms with Gasteiger partial charge in [-0.05, 0) is 56.3 Å². The summed E-state index contributed by atoms with van der Waals surface area (Å²) in [5, 5.41) is 5.16. The fourth-order valence-corrected chi connectivity index (χ4v) is 3.69. The summed E-state index contributed by atoms with van der Waals surface area (Å²) in [6, 6.07) is 10.4. The van der Waals surface area contributed by atoms with E-state index >= 15 is 0 Å². The highest BCUT2D eigenvalue weighted by Crippen LogP contribution is 2.29. The molecule has 0 aliphatic heterocycles. The van der Waals surface area contributed by atoms with Gasteiger partial charge in [0.25, 0.3) is 5.91 Å². The normalized spacial score (nSPS) is 15.8. The van der Waals surface area contributed by atoms with E-state index in [4.69, 9.17) is 9.47 Å². The van der Waals surface area contributed by atoms with Crippen LogP contribution in [-0.2, 0) is 17.9 Å². The van der Waals surface area contributed by atoms with Gasteiger partial charge in [-0.15, -0.1) is 11.3 Å². The minimum Gasteiger partial charge on any atom is -0.493 e. The van der Waals surface area contributed by atoms with Crippen molar-refractivity contribution in [2.45, 2.75) is 51.9 Å². The Hall–Kier alpha value is -2.05. The third-order valence-corrected chi connectivity index (χ3v) is 5.84. The van der Waals surface area contributed by atoms with Gasteiger partial charge in [-0.1, -0.05) is 6.07 Å². The summed E-state index contributed by atoms with van der Waals surface area (Å²) >= 11 is 1.68. The van der Waals surface area contributed by atoms with E-state index in [0.717, 1.165) is 43.0 Å². The number of carbonyl (C=O) groups excluding carboxylic acids is 1. The first-order valence-corrected chi connectivity index (χ1v) is 10.5. The monoisotopic (exact) mass is 389 g/mol. The van der Waals surface area contributed by atoms with Gasteiger partial charge in [-0.2, -0.15) is 0 Å². The Balaban J connectivity index is 1.63. The highest BCUT2D eigenvalue weighted by Gasteiger charge is 2.30. The fourth-order valence-electron chi connectivity index (χ4n) is 3.07. The lowest BCUT2D eigenvalue weighted by Crippen LogP contribution is -3.15. The number of methoxy groups -OCH3 is 1. The third-order valence-electron chi connectivity index (χ3n) is 4.99. The molecule has 1 aromatic carbocycles. The number of ether oxygens (including phenoxy) is 2. The van der Waals surface area contributed by atoms with Crippen molar-refractivity contribution in [2.75, 3.05) is 13.7 Å². The molecule has 1 heterocycles. The Morgan fingerprint density at radius 2 is 2.15 bits per heavy atom. The van der Waals surface area contributed by atoms with Crippen molar-refractivity contribution < 1.29 is 19.2 Å². The summed E-state index contributed by atoms with van der Waals surface area (Å²) in [7, 11) is 1.66. The van der Waals surface area contributed by atoms with Gasteiger partial charge < -0.3 is 19.7 Å². The maximum absolute atomic E-state index is 12.4. The summed E-state index contributed by atoms with van der Waals surface area (Å²) in [6.45, 7) is 6.33. The Bertz CT molecular complexity index is 744. The molecule has 0 spiro atoms. The quantitative estimate of drug-likeness (QED) is 0.656. The largest absolute Gasteiger partial charge is 0.493 e. The van der Waals surface area contributed by atoms with Crippen molar-refractivity contribution in [3.63, 3.8) is 0 Å². The van der Waals surface area contributed by atoms with Crippen LogP contribution in [0.4, 0.5) is 0 Å². The zero-order chi connectivity index (χ0) is 19.2. The van der Waals surface area contributed by atoms with Crippen molar-refractivity contribution in [1.29, 1.82) is 0 Å². The van der Waals surface area contributed by atoms with Gasteiger partial charge in [0.05, 0.1) is 13.7 Å². The number of rotatable bonds is 10. The van der Waals surface area contributed by atoms with E-state index in [1.54, 1.807) is 18.4 Å². The number of benzene rings is 1. The molecule has 1 amide bonds. The first-order valence-electron chi connectivity index (χ1n) is 9.57. The second-order valence-electron chi connectivity index (χ2n) is 7.05.